The maximum Gasteiger partial charge on any atom is 0.0486 e. The molecule has 2 aliphatic heterocycles. The minimum Gasteiger partial charge on any atom is -0.344 e. The molecule has 3 heterocycles. The van der Waals surface area contributed by atoms with E-state index in [1.54, 1.807) is 11.3 Å². The summed E-state index contributed by atoms with van der Waals surface area (Å²) in [5.41, 5.74) is 8.95. The monoisotopic (exact) mass is 344 g/mol. The molecule has 2 atom stereocenters. The number of likely N-dealkylation sites (N-methyl/N-ethyl adjacent to an activating group) is 1. The predicted molar refractivity (Wildman–Crippen MR) is 109 cm³/mol. The van der Waals surface area contributed by atoms with E-state index in [9.17, 15) is 0 Å². The van der Waals surface area contributed by atoms with Gasteiger partial charge in [0.15, 0.2) is 0 Å². The zero-order chi connectivity index (χ0) is 17.8. The Hall–Kier alpha value is -2.06. The highest BCUT2D eigenvalue weighted by Gasteiger charge is 2.40. The van der Waals surface area contributed by atoms with E-state index < -0.39 is 0 Å². The maximum atomic E-state index is 2.65. The molecule has 2 aliphatic rings. The van der Waals surface area contributed by atoms with E-state index in [1.807, 2.05) is 0 Å². The van der Waals surface area contributed by atoms with Gasteiger partial charge in [-0.25, -0.2) is 0 Å². The van der Waals surface area contributed by atoms with Gasteiger partial charge in [-0.3, -0.25) is 4.90 Å². The second-order valence-corrected chi connectivity index (χ2v) is 8.33. The zero-order valence-electron chi connectivity index (χ0n) is 16.1. The lowest BCUT2D eigenvalue weighted by molar-refractivity contribution is 0.222. The van der Waals surface area contributed by atoms with E-state index in [0.717, 1.165) is 19.0 Å². The van der Waals surface area contributed by atoms with Crippen molar-refractivity contribution in [2.75, 3.05) is 7.05 Å². The standard InChI is InChI=1S/C24H28N2/c1-16-8-10-21-20(14-16)24-22-11-9-19(25(22)3)15-23(24)26(21)13-12-18-7-5-4-6-17(18)2/h4-8,10,14,19,22H,9,11-13,15H2,1-3H3/t19-,22+/m1/s1. The lowest BCUT2D eigenvalue weighted by atomic mass is 9.97. The van der Waals surface area contributed by atoms with E-state index in [2.05, 4.69) is 72.8 Å². The molecular weight excluding hydrogens is 316 g/mol. The molecule has 0 saturated carbocycles. The molecule has 134 valence electrons. The predicted octanol–water partition coefficient (Wildman–Crippen LogP) is 5.19. The summed E-state index contributed by atoms with van der Waals surface area (Å²) in [7, 11) is 2.33. The Labute approximate surface area is 156 Å². The molecule has 1 aromatic heterocycles. The Morgan fingerprint density at radius 1 is 1.04 bits per heavy atom. The molecule has 5 rings (SSSR count). The minimum atomic E-state index is 0.618. The van der Waals surface area contributed by atoms with Crippen LogP contribution in [0, 0.1) is 13.8 Å². The fraction of sp³-hybridized carbons (Fsp3) is 0.417. The average molecular weight is 345 g/mol. The SMILES string of the molecule is Cc1ccc2c(c1)c1c(n2CCc2ccccc2C)C[C@H]2CC[C@@H]1N2C. The van der Waals surface area contributed by atoms with E-state index in [4.69, 9.17) is 0 Å². The van der Waals surface area contributed by atoms with E-state index in [0.29, 0.717) is 6.04 Å². The van der Waals surface area contributed by atoms with Crippen molar-refractivity contribution in [3.05, 3.63) is 70.4 Å². The van der Waals surface area contributed by atoms with Gasteiger partial charge in [0.05, 0.1) is 0 Å². The largest absolute Gasteiger partial charge is 0.344 e. The molecule has 2 bridgehead atoms. The molecule has 0 unspecified atom stereocenters. The third kappa shape index (κ3) is 2.35. The highest BCUT2D eigenvalue weighted by atomic mass is 15.2. The molecule has 2 nitrogen and oxygen atoms in total. The molecule has 26 heavy (non-hydrogen) atoms. The Bertz CT molecular complexity index is 981. The van der Waals surface area contributed by atoms with Crippen LogP contribution in [0.15, 0.2) is 42.5 Å². The van der Waals surface area contributed by atoms with Crippen molar-refractivity contribution in [2.45, 2.75) is 58.2 Å². The quantitative estimate of drug-likeness (QED) is 0.634. The first-order chi connectivity index (χ1) is 12.6. The Morgan fingerprint density at radius 3 is 2.73 bits per heavy atom. The molecule has 0 radical (unpaired) electrons. The molecule has 0 N–H and O–H groups in total. The van der Waals surface area contributed by atoms with Gasteiger partial charge in [-0.05, 0) is 69.0 Å². The van der Waals surface area contributed by atoms with Crippen LogP contribution in [-0.4, -0.2) is 22.6 Å². The summed E-state index contributed by atoms with van der Waals surface area (Å²) < 4.78 is 2.65. The number of hydrogen-bond donors (Lipinski definition) is 0. The number of fused-ring (bicyclic) bond motifs is 6. The van der Waals surface area contributed by atoms with Crippen LogP contribution < -0.4 is 0 Å². The highest BCUT2D eigenvalue weighted by Crippen LogP contribution is 2.47. The van der Waals surface area contributed by atoms with Crippen molar-refractivity contribution in [3.63, 3.8) is 0 Å². The number of rotatable bonds is 3. The second-order valence-electron chi connectivity index (χ2n) is 8.33. The van der Waals surface area contributed by atoms with Gasteiger partial charge in [-0.1, -0.05) is 35.9 Å². The zero-order valence-corrected chi connectivity index (χ0v) is 16.1. The topological polar surface area (TPSA) is 8.17 Å². The molecule has 1 saturated heterocycles. The van der Waals surface area contributed by atoms with Crippen LogP contribution in [0.25, 0.3) is 10.9 Å². The smallest absolute Gasteiger partial charge is 0.0486 e. The Balaban J connectivity index is 1.62. The second kappa shape index (κ2) is 5.99. The third-order valence-electron chi connectivity index (χ3n) is 6.84. The normalized spacial score (nSPS) is 22.1. The van der Waals surface area contributed by atoms with Crippen LogP contribution in [0.4, 0.5) is 0 Å². The first-order valence-electron chi connectivity index (χ1n) is 10.0. The van der Waals surface area contributed by atoms with E-state index in [1.165, 1.54) is 46.9 Å². The minimum absolute atomic E-state index is 0.618. The fourth-order valence-corrected chi connectivity index (χ4v) is 5.35. The van der Waals surface area contributed by atoms with Crippen molar-refractivity contribution in [3.8, 4) is 0 Å². The lowest BCUT2D eigenvalue weighted by Crippen LogP contribution is -2.34. The van der Waals surface area contributed by atoms with Gasteiger partial charge in [0, 0.05) is 41.6 Å². The van der Waals surface area contributed by atoms with Crippen molar-refractivity contribution in [1.29, 1.82) is 0 Å². The van der Waals surface area contributed by atoms with Crippen LogP contribution in [0.1, 0.15) is 46.8 Å². The third-order valence-corrected chi connectivity index (χ3v) is 6.84. The molecule has 3 aromatic rings. The van der Waals surface area contributed by atoms with Gasteiger partial charge >= 0.3 is 0 Å². The molecular formula is C24H28N2. The van der Waals surface area contributed by atoms with Gasteiger partial charge in [-0.15, -0.1) is 0 Å². The maximum absolute atomic E-state index is 2.65. The average Bonchev–Trinajstić information content (AvgIpc) is 3.04. The Morgan fingerprint density at radius 2 is 1.88 bits per heavy atom. The van der Waals surface area contributed by atoms with Crippen LogP contribution in [0.2, 0.25) is 0 Å². The van der Waals surface area contributed by atoms with Crippen LogP contribution >= 0.6 is 0 Å². The highest BCUT2D eigenvalue weighted by molar-refractivity contribution is 5.87. The van der Waals surface area contributed by atoms with Gasteiger partial charge < -0.3 is 4.57 Å². The molecule has 2 heteroatoms. The van der Waals surface area contributed by atoms with E-state index >= 15 is 0 Å². The Kier molecular flexibility index (Phi) is 3.72. The number of hydrogen-bond acceptors (Lipinski definition) is 1. The first-order valence-corrected chi connectivity index (χ1v) is 10.0. The number of aromatic nitrogens is 1. The summed E-state index contributed by atoms with van der Waals surface area (Å²) >= 11 is 0. The number of aryl methyl sites for hydroxylation is 4. The molecule has 2 aromatic carbocycles. The van der Waals surface area contributed by atoms with Gasteiger partial charge in [0.25, 0.3) is 0 Å². The summed E-state index contributed by atoms with van der Waals surface area (Å²) in [4.78, 5) is 2.63. The lowest BCUT2D eigenvalue weighted by Gasteiger charge is -2.32. The van der Waals surface area contributed by atoms with Gasteiger partial charge in [0.1, 0.15) is 0 Å². The first kappa shape index (κ1) is 16.1. The van der Waals surface area contributed by atoms with Crippen LogP contribution in [0.3, 0.4) is 0 Å². The fourth-order valence-electron chi connectivity index (χ4n) is 5.35. The summed E-state index contributed by atoms with van der Waals surface area (Å²) in [6.07, 6.45) is 4.99. The summed E-state index contributed by atoms with van der Waals surface area (Å²) in [5, 5.41) is 1.50. The van der Waals surface area contributed by atoms with Gasteiger partial charge in [0.2, 0.25) is 0 Å². The van der Waals surface area contributed by atoms with E-state index in [-0.39, 0.29) is 0 Å². The van der Waals surface area contributed by atoms with Gasteiger partial charge in [-0.2, -0.15) is 0 Å². The van der Waals surface area contributed by atoms with Crippen molar-refractivity contribution in [1.82, 2.24) is 9.47 Å². The molecule has 0 amide bonds. The number of nitrogens with zero attached hydrogens (tertiary/aromatic N) is 2. The molecule has 0 aliphatic carbocycles. The summed E-state index contributed by atoms with van der Waals surface area (Å²) in [5.74, 6) is 0. The summed E-state index contributed by atoms with van der Waals surface area (Å²) in [6, 6.07) is 17.2. The number of benzene rings is 2. The summed E-state index contributed by atoms with van der Waals surface area (Å²) in [6.45, 7) is 5.54. The van der Waals surface area contributed by atoms with Crippen molar-refractivity contribution < 1.29 is 0 Å². The van der Waals surface area contributed by atoms with Crippen molar-refractivity contribution in [2.24, 2.45) is 0 Å². The van der Waals surface area contributed by atoms with Crippen molar-refractivity contribution >= 4 is 10.9 Å². The molecule has 1 fully saturated rings. The van der Waals surface area contributed by atoms with Crippen LogP contribution in [0.5, 0.6) is 0 Å². The molecule has 0 spiro atoms. The van der Waals surface area contributed by atoms with Crippen LogP contribution in [-0.2, 0) is 19.4 Å².